The number of carboxylic acid groups (broad SMARTS) is 1. The first-order chi connectivity index (χ1) is 8.72. The molecule has 0 aliphatic heterocycles. The SMILES string of the molecule is N#Cc1ccccc1Oc1ncccc1C(=O)O. The third-order valence-electron chi connectivity index (χ3n) is 2.22. The number of aromatic nitrogens is 1. The van der Waals surface area contributed by atoms with Crippen molar-refractivity contribution >= 4 is 5.97 Å². The summed E-state index contributed by atoms with van der Waals surface area (Å²) in [6.07, 6.45) is 1.43. The molecule has 0 spiro atoms. The number of carbonyl (C=O) groups is 1. The molecule has 0 aliphatic rings. The summed E-state index contributed by atoms with van der Waals surface area (Å²) in [7, 11) is 0. The van der Waals surface area contributed by atoms with Gasteiger partial charge in [-0.2, -0.15) is 5.26 Å². The van der Waals surface area contributed by atoms with E-state index in [-0.39, 0.29) is 17.2 Å². The highest BCUT2D eigenvalue weighted by Gasteiger charge is 2.13. The van der Waals surface area contributed by atoms with Crippen molar-refractivity contribution in [1.82, 2.24) is 4.98 Å². The molecule has 1 aromatic heterocycles. The van der Waals surface area contributed by atoms with Gasteiger partial charge >= 0.3 is 5.97 Å². The van der Waals surface area contributed by atoms with Gasteiger partial charge in [0.15, 0.2) is 0 Å². The Balaban J connectivity index is 2.41. The Kier molecular flexibility index (Phi) is 3.21. The van der Waals surface area contributed by atoms with E-state index >= 15 is 0 Å². The van der Waals surface area contributed by atoms with Gasteiger partial charge in [0.1, 0.15) is 17.4 Å². The summed E-state index contributed by atoms with van der Waals surface area (Å²) in [5.41, 5.74) is 0.268. The minimum atomic E-state index is -1.13. The Morgan fingerprint density at radius 1 is 1.28 bits per heavy atom. The quantitative estimate of drug-likeness (QED) is 0.890. The van der Waals surface area contributed by atoms with Gasteiger partial charge in [0.2, 0.25) is 5.88 Å². The number of hydrogen-bond acceptors (Lipinski definition) is 4. The lowest BCUT2D eigenvalue weighted by Gasteiger charge is -2.07. The van der Waals surface area contributed by atoms with Gasteiger partial charge < -0.3 is 9.84 Å². The zero-order valence-electron chi connectivity index (χ0n) is 9.20. The molecule has 0 atom stereocenters. The molecule has 5 nitrogen and oxygen atoms in total. The van der Waals surface area contributed by atoms with Crippen molar-refractivity contribution in [1.29, 1.82) is 5.26 Å². The van der Waals surface area contributed by atoms with Crippen LogP contribution >= 0.6 is 0 Å². The summed E-state index contributed by atoms with van der Waals surface area (Å²) in [5.74, 6) is -0.888. The molecular formula is C13H8N2O3. The lowest BCUT2D eigenvalue weighted by atomic mass is 10.2. The van der Waals surface area contributed by atoms with Gasteiger partial charge in [-0.05, 0) is 24.3 Å². The second-order valence-corrected chi connectivity index (χ2v) is 3.37. The van der Waals surface area contributed by atoms with Crippen molar-refractivity contribution in [2.24, 2.45) is 0 Å². The highest BCUT2D eigenvalue weighted by molar-refractivity contribution is 5.90. The first-order valence-electron chi connectivity index (χ1n) is 5.07. The largest absolute Gasteiger partial charge is 0.477 e. The van der Waals surface area contributed by atoms with Crippen LogP contribution < -0.4 is 4.74 Å². The molecule has 0 amide bonds. The van der Waals surface area contributed by atoms with Crippen LogP contribution in [-0.2, 0) is 0 Å². The second kappa shape index (κ2) is 4.97. The first-order valence-corrected chi connectivity index (χ1v) is 5.07. The van der Waals surface area contributed by atoms with Crippen LogP contribution in [0, 0.1) is 11.3 Å². The van der Waals surface area contributed by atoms with E-state index in [2.05, 4.69) is 4.98 Å². The molecule has 18 heavy (non-hydrogen) atoms. The van der Waals surface area contributed by atoms with E-state index in [1.165, 1.54) is 18.3 Å². The fourth-order valence-corrected chi connectivity index (χ4v) is 1.39. The molecule has 0 unspecified atom stereocenters. The second-order valence-electron chi connectivity index (χ2n) is 3.37. The van der Waals surface area contributed by atoms with Crippen molar-refractivity contribution in [2.75, 3.05) is 0 Å². The van der Waals surface area contributed by atoms with E-state index in [1.807, 2.05) is 6.07 Å². The fraction of sp³-hybridized carbons (Fsp3) is 0. The summed E-state index contributed by atoms with van der Waals surface area (Å²) >= 11 is 0. The van der Waals surface area contributed by atoms with Gasteiger partial charge in [-0.1, -0.05) is 12.1 Å². The summed E-state index contributed by atoms with van der Waals surface area (Å²) in [6, 6.07) is 11.4. The van der Waals surface area contributed by atoms with E-state index in [4.69, 9.17) is 15.1 Å². The first kappa shape index (κ1) is 11.6. The number of nitrogens with zero attached hydrogens (tertiary/aromatic N) is 2. The molecular weight excluding hydrogens is 232 g/mol. The van der Waals surface area contributed by atoms with Crippen LogP contribution in [0.25, 0.3) is 0 Å². The van der Waals surface area contributed by atoms with Crippen LogP contribution in [0.1, 0.15) is 15.9 Å². The lowest BCUT2D eigenvalue weighted by Crippen LogP contribution is -2.02. The Labute approximate surface area is 103 Å². The normalized spacial score (nSPS) is 9.50. The zero-order chi connectivity index (χ0) is 13.0. The average Bonchev–Trinajstić information content (AvgIpc) is 2.40. The average molecular weight is 240 g/mol. The number of carboxylic acids is 1. The maximum Gasteiger partial charge on any atom is 0.341 e. The molecule has 0 saturated carbocycles. The molecule has 1 heterocycles. The molecule has 0 aliphatic carbocycles. The van der Waals surface area contributed by atoms with Crippen molar-refractivity contribution in [3.8, 4) is 17.7 Å². The highest BCUT2D eigenvalue weighted by atomic mass is 16.5. The number of rotatable bonds is 3. The lowest BCUT2D eigenvalue weighted by molar-refractivity contribution is 0.0693. The maximum atomic E-state index is 11.0. The van der Waals surface area contributed by atoms with Gasteiger partial charge in [0, 0.05) is 6.20 Å². The number of ether oxygens (including phenoxy) is 1. The van der Waals surface area contributed by atoms with Crippen molar-refractivity contribution in [2.45, 2.75) is 0 Å². The van der Waals surface area contributed by atoms with Gasteiger partial charge in [-0.15, -0.1) is 0 Å². The van der Waals surface area contributed by atoms with Crippen LogP contribution in [0.15, 0.2) is 42.6 Å². The summed E-state index contributed by atoms with van der Waals surface area (Å²) < 4.78 is 5.38. The van der Waals surface area contributed by atoms with Gasteiger partial charge in [-0.25, -0.2) is 9.78 Å². The van der Waals surface area contributed by atoms with Gasteiger partial charge in [0.05, 0.1) is 5.56 Å². The predicted molar refractivity (Wildman–Crippen MR) is 62.4 cm³/mol. The number of nitriles is 1. The van der Waals surface area contributed by atoms with Crippen LogP contribution in [0.2, 0.25) is 0 Å². The topological polar surface area (TPSA) is 83.2 Å². The van der Waals surface area contributed by atoms with Crippen molar-refractivity contribution in [3.63, 3.8) is 0 Å². The van der Waals surface area contributed by atoms with E-state index < -0.39 is 5.97 Å². The van der Waals surface area contributed by atoms with E-state index in [1.54, 1.807) is 24.3 Å². The molecule has 2 aromatic rings. The molecule has 2 rings (SSSR count). The van der Waals surface area contributed by atoms with Crippen molar-refractivity contribution < 1.29 is 14.6 Å². The molecule has 0 saturated heterocycles. The van der Waals surface area contributed by atoms with E-state index in [0.29, 0.717) is 5.56 Å². The molecule has 88 valence electrons. The van der Waals surface area contributed by atoms with Crippen LogP contribution in [0.3, 0.4) is 0 Å². The minimum absolute atomic E-state index is 0.0345. The van der Waals surface area contributed by atoms with E-state index in [0.717, 1.165) is 0 Å². The number of benzene rings is 1. The fourth-order valence-electron chi connectivity index (χ4n) is 1.39. The van der Waals surface area contributed by atoms with Gasteiger partial charge in [0.25, 0.3) is 0 Å². The summed E-state index contributed by atoms with van der Waals surface area (Å²) in [5, 5.41) is 17.9. The number of pyridine rings is 1. The van der Waals surface area contributed by atoms with Crippen LogP contribution in [0.4, 0.5) is 0 Å². The summed E-state index contributed by atoms with van der Waals surface area (Å²) in [4.78, 5) is 14.8. The van der Waals surface area contributed by atoms with Crippen LogP contribution in [0.5, 0.6) is 11.6 Å². The number of hydrogen-bond donors (Lipinski definition) is 1. The number of para-hydroxylation sites is 1. The Bertz CT molecular complexity index is 632. The highest BCUT2D eigenvalue weighted by Crippen LogP contribution is 2.25. The molecule has 0 fully saturated rings. The third-order valence-corrected chi connectivity index (χ3v) is 2.22. The maximum absolute atomic E-state index is 11.0. The molecule has 1 aromatic carbocycles. The van der Waals surface area contributed by atoms with E-state index in [9.17, 15) is 4.79 Å². The van der Waals surface area contributed by atoms with Gasteiger partial charge in [-0.3, -0.25) is 0 Å². The minimum Gasteiger partial charge on any atom is -0.477 e. The number of aromatic carboxylic acids is 1. The Morgan fingerprint density at radius 3 is 2.78 bits per heavy atom. The molecule has 0 bridgehead atoms. The Morgan fingerprint density at radius 2 is 2.06 bits per heavy atom. The monoisotopic (exact) mass is 240 g/mol. The molecule has 0 radical (unpaired) electrons. The summed E-state index contributed by atoms with van der Waals surface area (Å²) in [6.45, 7) is 0. The predicted octanol–water partition coefficient (Wildman–Crippen LogP) is 2.44. The standard InChI is InChI=1S/C13H8N2O3/c14-8-9-4-1-2-6-11(9)18-12-10(13(16)17)5-3-7-15-12/h1-7H,(H,16,17). The van der Waals surface area contributed by atoms with Crippen LogP contribution in [-0.4, -0.2) is 16.1 Å². The molecule has 5 heteroatoms. The smallest absolute Gasteiger partial charge is 0.341 e. The van der Waals surface area contributed by atoms with Crippen molar-refractivity contribution in [3.05, 3.63) is 53.7 Å². The Hall–Kier alpha value is -2.87. The molecule has 1 N–H and O–H groups in total. The third kappa shape index (κ3) is 2.28. The zero-order valence-corrected chi connectivity index (χ0v) is 9.20.